The van der Waals surface area contributed by atoms with E-state index in [0.29, 0.717) is 0 Å². The number of carbonyl (C=O) groups excluding carboxylic acids is 1. The molecule has 2 aliphatic rings. The lowest BCUT2D eigenvalue weighted by molar-refractivity contribution is -0.147. The van der Waals surface area contributed by atoms with Crippen molar-refractivity contribution in [3.63, 3.8) is 0 Å². The van der Waals surface area contributed by atoms with Crippen molar-refractivity contribution >= 4 is 5.97 Å². The van der Waals surface area contributed by atoms with Crippen molar-refractivity contribution in [3.8, 4) is 0 Å². The highest BCUT2D eigenvalue weighted by atomic mass is 19.3. The number of fused-ring (bicyclic) bond motifs is 1. The molecular weight excluding hydrogens is 194 g/mol. The second kappa shape index (κ2) is 3.13. The first-order chi connectivity index (χ1) is 6.59. The SMILES string of the molecule is CCOC(=O)[C@H]1NNCC2C1C2(F)F. The third-order valence-electron chi connectivity index (χ3n) is 2.74. The Hall–Kier alpha value is -0.750. The van der Waals surface area contributed by atoms with Crippen LogP contribution in [0, 0.1) is 11.8 Å². The van der Waals surface area contributed by atoms with Crippen molar-refractivity contribution in [2.24, 2.45) is 11.8 Å². The van der Waals surface area contributed by atoms with Gasteiger partial charge in [0, 0.05) is 12.5 Å². The van der Waals surface area contributed by atoms with Gasteiger partial charge in [-0.25, -0.2) is 14.2 Å². The standard InChI is InChI=1S/C8H12F2N2O2/c1-2-14-7(13)6-5-4(3-11-12-6)8(5,9)10/h4-6,11-12H,2-3H2,1H3/t4?,5?,6-/m0/s1. The average Bonchev–Trinajstić information content (AvgIpc) is 2.71. The van der Waals surface area contributed by atoms with Crippen molar-refractivity contribution in [2.45, 2.75) is 18.9 Å². The van der Waals surface area contributed by atoms with E-state index in [1.807, 2.05) is 0 Å². The van der Waals surface area contributed by atoms with Crippen LogP contribution in [0.4, 0.5) is 8.78 Å². The quantitative estimate of drug-likeness (QED) is 0.620. The summed E-state index contributed by atoms with van der Waals surface area (Å²) in [6.07, 6.45) is 0. The van der Waals surface area contributed by atoms with Gasteiger partial charge in [0.2, 0.25) is 0 Å². The molecule has 1 aliphatic heterocycles. The second-order valence-electron chi connectivity index (χ2n) is 3.56. The van der Waals surface area contributed by atoms with Crippen LogP contribution in [0.3, 0.4) is 0 Å². The van der Waals surface area contributed by atoms with Gasteiger partial charge < -0.3 is 4.74 Å². The maximum absolute atomic E-state index is 13.1. The highest BCUT2D eigenvalue weighted by molar-refractivity contribution is 5.77. The average molecular weight is 206 g/mol. The largest absolute Gasteiger partial charge is 0.465 e. The lowest BCUT2D eigenvalue weighted by Gasteiger charge is -2.20. The Morgan fingerprint density at radius 2 is 2.36 bits per heavy atom. The Bertz CT molecular complexity index is 260. The molecule has 0 aromatic heterocycles. The number of hydrazine groups is 1. The molecular formula is C8H12F2N2O2. The molecule has 1 saturated carbocycles. The summed E-state index contributed by atoms with van der Waals surface area (Å²) in [5.41, 5.74) is 5.14. The van der Waals surface area contributed by atoms with Crippen LogP contribution in [-0.2, 0) is 9.53 Å². The van der Waals surface area contributed by atoms with E-state index in [1.54, 1.807) is 6.92 Å². The molecule has 1 aliphatic carbocycles. The molecule has 0 bridgehead atoms. The molecule has 0 aromatic carbocycles. The molecule has 2 N–H and O–H groups in total. The number of alkyl halides is 2. The minimum Gasteiger partial charge on any atom is -0.465 e. The van der Waals surface area contributed by atoms with Gasteiger partial charge in [-0.1, -0.05) is 0 Å². The first-order valence-corrected chi connectivity index (χ1v) is 4.62. The van der Waals surface area contributed by atoms with E-state index in [2.05, 4.69) is 10.9 Å². The fourth-order valence-corrected chi connectivity index (χ4v) is 1.94. The molecule has 0 spiro atoms. The lowest BCUT2D eigenvalue weighted by atomic mass is 10.1. The van der Waals surface area contributed by atoms with E-state index in [0.717, 1.165) is 0 Å². The van der Waals surface area contributed by atoms with E-state index in [4.69, 9.17) is 4.74 Å². The third-order valence-corrected chi connectivity index (χ3v) is 2.74. The van der Waals surface area contributed by atoms with Crippen molar-refractivity contribution in [1.82, 2.24) is 10.9 Å². The van der Waals surface area contributed by atoms with Crippen LogP contribution in [0.5, 0.6) is 0 Å². The van der Waals surface area contributed by atoms with Crippen LogP contribution in [0.2, 0.25) is 0 Å². The zero-order valence-corrected chi connectivity index (χ0v) is 7.72. The summed E-state index contributed by atoms with van der Waals surface area (Å²) in [5, 5.41) is 0. The summed E-state index contributed by atoms with van der Waals surface area (Å²) in [5.74, 6) is -4.96. The van der Waals surface area contributed by atoms with Gasteiger partial charge in [0.05, 0.1) is 12.5 Å². The molecule has 3 atom stereocenters. The first-order valence-electron chi connectivity index (χ1n) is 4.62. The summed E-state index contributed by atoms with van der Waals surface area (Å²) in [4.78, 5) is 11.3. The van der Waals surface area contributed by atoms with Gasteiger partial charge in [0.25, 0.3) is 5.92 Å². The number of ether oxygens (including phenoxy) is 1. The van der Waals surface area contributed by atoms with E-state index in [-0.39, 0.29) is 13.2 Å². The fourth-order valence-electron chi connectivity index (χ4n) is 1.94. The van der Waals surface area contributed by atoms with Gasteiger partial charge in [-0.05, 0) is 6.92 Å². The summed E-state index contributed by atoms with van der Waals surface area (Å²) in [6, 6.07) is -0.913. The predicted molar refractivity (Wildman–Crippen MR) is 43.5 cm³/mol. The van der Waals surface area contributed by atoms with Gasteiger partial charge >= 0.3 is 5.97 Å². The first kappa shape index (κ1) is 9.79. The number of hydrogen-bond acceptors (Lipinski definition) is 4. The van der Waals surface area contributed by atoms with E-state index < -0.39 is 29.8 Å². The highest BCUT2D eigenvalue weighted by Crippen LogP contribution is 2.57. The molecule has 2 fully saturated rings. The fraction of sp³-hybridized carbons (Fsp3) is 0.875. The van der Waals surface area contributed by atoms with Crippen molar-refractivity contribution < 1.29 is 18.3 Å². The Kier molecular flexibility index (Phi) is 2.19. The number of rotatable bonds is 2. The van der Waals surface area contributed by atoms with Gasteiger partial charge in [0.15, 0.2) is 0 Å². The van der Waals surface area contributed by atoms with Crippen molar-refractivity contribution in [1.29, 1.82) is 0 Å². The Morgan fingerprint density at radius 1 is 1.64 bits per heavy atom. The number of nitrogens with one attached hydrogen (secondary N) is 2. The monoisotopic (exact) mass is 206 g/mol. The van der Waals surface area contributed by atoms with Crippen LogP contribution in [0.25, 0.3) is 0 Å². The molecule has 14 heavy (non-hydrogen) atoms. The Balaban J connectivity index is 2.03. The van der Waals surface area contributed by atoms with E-state index >= 15 is 0 Å². The summed E-state index contributed by atoms with van der Waals surface area (Å²) >= 11 is 0. The second-order valence-corrected chi connectivity index (χ2v) is 3.56. The number of hydrogen-bond donors (Lipinski definition) is 2. The Labute approximate surface area is 80.0 Å². The Morgan fingerprint density at radius 3 is 3.00 bits per heavy atom. The zero-order valence-electron chi connectivity index (χ0n) is 7.72. The normalized spacial score (nSPS) is 38.6. The maximum atomic E-state index is 13.1. The van der Waals surface area contributed by atoms with Gasteiger partial charge in [0.1, 0.15) is 6.04 Å². The summed E-state index contributed by atoms with van der Waals surface area (Å²) in [7, 11) is 0. The minimum absolute atomic E-state index is 0.202. The predicted octanol–water partition coefficient (Wildman–Crippen LogP) is -0.0928. The van der Waals surface area contributed by atoms with E-state index in [9.17, 15) is 13.6 Å². The molecule has 1 saturated heterocycles. The molecule has 2 unspecified atom stereocenters. The molecule has 4 nitrogen and oxygen atoms in total. The van der Waals surface area contributed by atoms with Gasteiger partial charge in [-0.2, -0.15) is 0 Å². The number of halogens is 2. The van der Waals surface area contributed by atoms with Crippen molar-refractivity contribution in [2.75, 3.05) is 13.2 Å². The highest BCUT2D eigenvalue weighted by Gasteiger charge is 2.73. The van der Waals surface area contributed by atoms with Crippen LogP contribution in [0.15, 0.2) is 0 Å². The smallest absolute Gasteiger partial charge is 0.325 e. The van der Waals surface area contributed by atoms with E-state index in [1.165, 1.54) is 0 Å². The molecule has 1 heterocycles. The van der Waals surface area contributed by atoms with Crippen molar-refractivity contribution in [3.05, 3.63) is 0 Å². The summed E-state index contributed by atoms with van der Waals surface area (Å²) < 4.78 is 30.8. The number of carbonyl (C=O) groups is 1. The van der Waals surface area contributed by atoms with Gasteiger partial charge in [-0.15, -0.1) is 0 Å². The molecule has 0 radical (unpaired) electrons. The maximum Gasteiger partial charge on any atom is 0.325 e. The molecule has 6 heteroatoms. The third kappa shape index (κ3) is 1.29. The zero-order chi connectivity index (χ0) is 10.3. The topological polar surface area (TPSA) is 50.4 Å². The van der Waals surface area contributed by atoms with Crippen LogP contribution >= 0.6 is 0 Å². The van der Waals surface area contributed by atoms with Crippen LogP contribution in [-0.4, -0.2) is 31.1 Å². The molecule has 0 aromatic rings. The lowest BCUT2D eigenvalue weighted by Crippen LogP contribution is -2.52. The molecule has 2 rings (SSSR count). The number of esters is 1. The minimum atomic E-state index is -2.73. The summed E-state index contributed by atoms with van der Waals surface area (Å²) in [6.45, 7) is 2.06. The van der Waals surface area contributed by atoms with Crippen LogP contribution in [0.1, 0.15) is 6.92 Å². The molecule has 0 amide bonds. The molecule has 80 valence electrons. The van der Waals surface area contributed by atoms with Crippen LogP contribution < -0.4 is 10.9 Å². The van der Waals surface area contributed by atoms with Gasteiger partial charge in [-0.3, -0.25) is 10.2 Å².